The number of halogens is 1. The molecule has 1 aliphatic heterocycles. The SMILES string of the molecule is CC1(C)OB(c2ccc3cc(O)ccc3c2)OC1(C)C.OCC#Cc1ccc(-c2ccc3cc(O)ccc3c2)cc1.OCC#Cc1ccc(Br)cc1. The van der Waals surface area contributed by atoms with Gasteiger partial charge in [0.1, 0.15) is 24.7 Å². The second-order valence-electron chi connectivity index (χ2n) is 13.1. The summed E-state index contributed by atoms with van der Waals surface area (Å²) in [5, 5.41) is 40.3. The molecule has 0 atom stereocenters. The van der Waals surface area contributed by atoms with Crippen LogP contribution in [0, 0.1) is 23.7 Å². The van der Waals surface area contributed by atoms with Crippen molar-refractivity contribution in [3.63, 3.8) is 0 Å². The Labute approximate surface area is 314 Å². The van der Waals surface area contributed by atoms with Crippen molar-refractivity contribution in [2.24, 2.45) is 0 Å². The maximum absolute atomic E-state index is 9.50. The number of fused-ring (bicyclic) bond motifs is 2. The van der Waals surface area contributed by atoms with Crippen LogP contribution in [0.2, 0.25) is 0 Å². The highest BCUT2D eigenvalue weighted by atomic mass is 79.9. The summed E-state index contributed by atoms with van der Waals surface area (Å²) >= 11 is 3.32. The number of phenolic OH excluding ortho intramolecular Hbond substituents is 2. The average molecular weight is 756 g/mol. The van der Waals surface area contributed by atoms with Gasteiger partial charge in [-0.3, -0.25) is 0 Å². The molecule has 6 aromatic rings. The summed E-state index contributed by atoms with van der Waals surface area (Å²) in [6.07, 6.45) is 0. The molecule has 0 aromatic heterocycles. The second kappa shape index (κ2) is 17.0. The Hall–Kier alpha value is -5.06. The summed E-state index contributed by atoms with van der Waals surface area (Å²) in [5.41, 5.74) is 4.38. The first-order chi connectivity index (χ1) is 24.9. The molecule has 4 N–H and O–H groups in total. The van der Waals surface area contributed by atoms with Crippen molar-refractivity contribution in [1.82, 2.24) is 0 Å². The number of hydrogen-bond acceptors (Lipinski definition) is 6. The molecule has 0 unspecified atom stereocenters. The monoisotopic (exact) mass is 754 g/mol. The van der Waals surface area contributed by atoms with E-state index in [1.807, 2.05) is 113 Å². The summed E-state index contributed by atoms with van der Waals surface area (Å²) in [6.45, 7) is 7.98. The van der Waals surface area contributed by atoms with Crippen LogP contribution < -0.4 is 5.46 Å². The number of aromatic hydroxyl groups is 2. The first-order valence-corrected chi connectivity index (χ1v) is 17.5. The maximum Gasteiger partial charge on any atom is 0.494 e. The van der Waals surface area contributed by atoms with Crippen LogP contribution in [0.5, 0.6) is 11.5 Å². The molecule has 6 nitrogen and oxygen atoms in total. The molecule has 0 bridgehead atoms. The average Bonchev–Trinajstić information content (AvgIpc) is 3.36. The van der Waals surface area contributed by atoms with Gasteiger partial charge in [-0.15, -0.1) is 0 Å². The Bertz CT molecular complexity index is 2260. The van der Waals surface area contributed by atoms with Crippen LogP contribution in [0.15, 0.2) is 126 Å². The molecule has 262 valence electrons. The highest BCUT2D eigenvalue weighted by molar-refractivity contribution is 9.10. The minimum Gasteiger partial charge on any atom is -0.508 e. The standard InChI is InChI=1S/C19H14O2.C16H19BO3.C9H7BrO/c20-11-1-2-14-3-5-15(6-4-14)16-7-8-18-13-19(21)10-9-17(18)12-16;1-15(2)16(3,4)20-17(19-15)13-7-5-12-10-14(18)8-6-11(12)9-13;10-9-5-3-8(4-6-9)2-1-7-11/h3-10,12-13,20-21H,11H2;5-10,18H,1-4H3;3-6,11H,7H2. The van der Waals surface area contributed by atoms with Crippen LogP contribution in [0.25, 0.3) is 32.7 Å². The van der Waals surface area contributed by atoms with Crippen molar-refractivity contribution < 1.29 is 29.7 Å². The van der Waals surface area contributed by atoms with E-state index < -0.39 is 0 Å². The zero-order valence-electron chi connectivity index (χ0n) is 29.5. The molecule has 0 aliphatic carbocycles. The highest BCUT2D eigenvalue weighted by Crippen LogP contribution is 2.36. The molecule has 7 rings (SSSR count). The van der Waals surface area contributed by atoms with Gasteiger partial charge in [0.25, 0.3) is 0 Å². The highest BCUT2D eigenvalue weighted by Gasteiger charge is 2.51. The third kappa shape index (κ3) is 9.83. The fourth-order valence-electron chi connectivity index (χ4n) is 5.35. The maximum atomic E-state index is 9.50. The van der Waals surface area contributed by atoms with E-state index >= 15 is 0 Å². The van der Waals surface area contributed by atoms with Gasteiger partial charge >= 0.3 is 7.12 Å². The predicted molar refractivity (Wildman–Crippen MR) is 214 cm³/mol. The van der Waals surface area contributed by atoms with Gasteiger partial charge in [-0.1, -0.05) is 94.2 Å². The van der Waals surface area contributed by atoms with Gasteiger partial charge in [0.05, 0.1) is 11.2 Å². The van der Waals surface area contributed by atoms with E-state index in [1.54, 1.807) is 24.3 Å². The first kappa shape index (κ1) is 38.2. The van der Waals surface area contributed by atoms with Crippen molar-refractivity contribution >= 4 is 50.1 Å². The molecule has 0 spiro atoms. The molecular formula is C44H40BBrO6. The van der Waals surface area contributed by atoms with Crippen molar-refractivity contribution in [3.05, 3.63) is 137 Å². The molecule has 1 fully saturated rings. The van der Waals surface area contributed by atoms with Gasteiger partial charge in [-0.05, 0) is 133 Å². The molecule has 1 heterocycles. The number of rotatable bonds is 2. The third-order valence-electron chi connectivity index (χ3n) is 8.88. The van der Waals surface area contributed by atoms with Crippen LogP contribution in [-0.2, 0) is 9.31 Å². The summed E-state index contributed by atoms with van der Waals surface area (Å²) < 4.78 is 13.1. The fourth-order valence-corrected chi connectivity index (χ4v) is 5.62. The zero-order valence-corrected chi connectivity index (χ0v) is 31.1. The Balaban J connectivity index is 0.000000158. The second-order valence-corrected chi connectivity index (χ2v) is 14.0. The largest absolute Gasteiger partial charge is 0.508 e. The predicted octanol–water partition coefficient (Wildman–Crippen LogP) is 8.19. The minimum absolute atomic E-state index is 0.0872. The van der Waals surface area contributed by atoms with Crippen LogP contribution >= 0.6 is 15.9 Å². The molecule has 0 radical (unpaired) electrons. The van der Waals surface area contributed by atoms with Gasteiger partial charge in [0.2, 0.25) is 0 Å². The third-order valence-corrected chi connectivity index (χ3v) is 9.41. The van der Waals surface area contributed by atoms with Gasteiger partial charge in [0, 0.05) is 15.6 Å². The van der Waals surface area contributed by atoms with Crippen molar-refractivity contribution in [1.29, 1.82) is 0 Å². The lowest BCUT2D eigenvalue weighted by atomic mass is 9.78. The summed E-state index contributed by atoms with van der Waals surface area (Å²) in [5.74, 6) is 11.4. The molecule has 1 saturated heterocycles. The lowest BCUT2D eigenvalue weighted by Gasteiger charge is -2.32. The van der Waals surface area contributed by atoms with E-state index in [1.165, 1.54) is 0 Å². The Morgan fingerprint density at radius 1 is 0.538 bits per heavy atom. The molecule has 52 heavy (non-hydrogen) atoms. The number of hydrogen-bond donors (Lipinski definition) is 4. The van der Waals surface area contributed by atoms with Crippen LogP contribution in [0.1, 0.15) is 38.8 Å². The lowest BCUT2D eigenvalue weighted by molar-refractivity contribution is 0.00578. The number of benzene rings is 6. The molecule has 0 saturated carbocycles. The number of aliphatic hydroxyl groups is 2. The fraction of sp³-hybridized carbons (Fsp3) is 0.182. The van der Waals surface area contributed by atoms with Gasteiger partial charge in [-0.2, -0.15) is 0 Å². The quantitative estimate of drug-likeness (QED) is 0.105. The van der Waals surface area contributed by atoms with E-state index in [0.29, 0.717) is 0 Å². The Morgan fingerprint density at radius 2 is 0.962 bits per heavy atom. The Kier molecular flexibility index (Phi) is 12.5. The van der Waals surface area contributed by atoms with E-state index in [2.05, 4.69) is 51.7 Å². The lowest BCUT2D eigenvalue weighted by Crippen LogP contribution is -2.41. The van der Waals surface area contributed by atoms with Gasteiger partial charge in [-0.25, -0.2) is 0 Å². The van der Waals surface area contributed by atoms with Crippen LogP contribution in [-0.4, -0.2) is 52.0 Å². The molecule has 6 aromatic carbocycles. The smallest absolute Gasteiger partial charge is 0.494 e. The molecule has 1 aliphatic rings. The molecule has 8 heteroatoms. The van der Waals surface area contributed by atoms with E-state index in [9.17, 15) is 10.2 Å². The van der Waals surface area contributed by atoms with Gasteiger partial charge in [0.15, 0.2) is 0 Å². The van der Waals surface area contributed by atoms with E-state index in [4.69, 9.17) is 19.5 Å². The van der Waals surface area contributed by atoms with E-state index in [-0.39, 0.29) is 43.0 Å². The van der Waals surface area contributed by atoms with Crippen molar-refractivity contribution in [2.45, 2.75) is 38.9 Å². The zero-order chi connectivity index (χ0) is 37.3. The summed E-state index contributed by atoms with van der Waals surface area (Å²) in [4.78, 5) is 0. The molecule has 0 amide bonds. The normalized spacial score (nSPS) is 13.8. The minimum atomic E-state index is -0.349. The Morgan fingerprint density at radius 3 is 1.48 bits per heavy atom. The van der Waals surface area contributed by atoms with Crippen molar-refractivity contribution in [2.75, 3.05) is 13.2 Å². The summed E-state index contributed by atoms with van der Waals surface area (Å²) in [6, 6.07) is 38.4. The molecular weight excluding hydrogens is 715 g/mol. The summed E-state index contributed by atoms with van der Waals surface area (Å²) in [7, 11) is -0.349. The van der Waals surface area contributed by atoms with E-state index in [0.717, 1.165) is 53.7 Å². The van der Waals surface area contributed by atoms with Crippen molar-refractivity contribution in [3.8, 4) is 46.3 Å². The van der Waals surface area contributed by atoms with Crippen LogP contribution in [0.3, 0.4) is 0 Å². The number of phenols is 2. The van der Waals surface area contributed by atoms with Gasteiger partial charge < -0.3 is 29.7 Å². The first-order valence-electron chi connectivity index (χ1n) is 16.7. The van der Waals surface area contributed by atoms with Crippen LogP contribution in [0.4, 0.5) is 0 Å². The topological polar surface area (TPSA) is 99.4 Å². The number of aliphatic hydroxyl groups excluding tert-OH is 2.